The van der Waals surface area contributed by atoms with Gasteiger partial charge in [-0.2, -0.15) is 5.10 Å². The third-order valence-corrected chi connectivity index (χ3v) is 6.04. The maximum absolute atomic E-state index is 12.3. The fourth-order valence-electron chi connectivity index (χ4n) is 4.39. The number of nitrogens with zero attached hydrogens (tertiary/aromatic N) is 6. The molecule has 10 nitrogen and oxygen atoms in total. The zero-order valence-electron chi connectivity index (χ0n) is 17.5. The summed E-state index contributed by atoms with van der Waals surface area (Å²) in [5.74, 6) is 1.79. The highest BCUT2D eigenvalue weighted by Gasteiger charge is 2.33. The Morgan fingerprint density at radius 3 is 2.68 bits per heavy atom. The molecule has 2 aliphatic rings. The fourth-order valence-corrected chi connectivity index (χ4v) is 4.39. The number of aromatic nitrogens is 6. The second kappa shape index (κ2) is 8.03. The van der Waals surface area contributed by atoms with Gasteiger partial charge in [0, 0.05) is 25.8 Å². The number of carbonyl (C=O) groups excluding carboxylic acids is 1. The van der Waals surface area contributed by atoms with E-state index < -0.39 is 0 Å². The highest BCUT2D eigenvalue weighted by molar-refractivity contribution is 5.99. The van der Waals surface area contributed by atoms with Crippen molar-refractivity contribution in [1.82, 2.24) is 30.1 Å². The molecule has 1 amide bonds. The molecule has 1 saturated carbocycles. The fraction of sp³-hybridized carbons (Fsp3) is 0.429. The SMILES string of the molecule is COC1CCC(N2CC(=O)Nc3ncc(-c4ccc(-c5ncn[nH]5)nc4C)nc32)CC1.[HH]. The van der Waals surface area contributed by atoms with Gasteiger partial charge in [0.2, 0.25) is 5.91 Å². The van der Waals surface area contributed by atoms with E-state index in [0.717, 1.165) is 48.5 Å². The molecule has 0 unspecified atom stereocenters. The van der Waals surface area contributed by atoms with Gasteiger partial charge in [0.15, 0.2) is 17.5 Å². The van der Waals surface area contributed by atoms with Gasteiger partial charge in [-0.15, -0.1) is 0 Å². The molecule has 1 aliphatic heterocycles. The van der Waals surface area contributed by atoms with Crippen molar-refractivity contribution in [3.63, 3.8) is 0 Å². The third kappa shape index (κ3) is 3.74. The lowest BCUT2D eigenvalue weighted by molar-refractivity contribution is -0.115. The van der Waals surface area contributed by atoms with E-state index in [1.807, 2.05) is 19.1 Å². The van der Waals surface area contributed by atoms with Gasteiger partial charge in [-0.3, -0.25) is 9.89 Å². The van der Waals surface area contributed by atoms with Crippen LogP contribution in [0.1, 0.15) is 32.8 Å². The summed E-state index contributed by atoms with van der Waals surface area (Å²) in [5.41, 5.74) is 3.14. The number of H-pyrrole nitrogens is 1. The van der Waals surface area contributed by atoms with E-state index in [0.29, 0.717) is 23.4 Å². The number of ether oxygens (including phenoxy) is 1. The Morgan fingerprint density at radius 2 is 1.97 bits per heavy atom. The molecule has 0 aromatic carbocycles. The Morgan fingerprint density at radius 1 is 1.13 bits per heavy atom. The average molecular weight is 422 g/mol. The molecule has 162 valence electrons. The van der Waals surface area contributed by atoms with E-state index in [9.17, 15) is 4.79 Å². The lowest BCUT2D eigenvalue weighted by atomic mass is 9.91. The molecule has 3 aromatic rings. The molecule has 3 aromatic heterocycles. The minimum absolute atomic E-state index is 0. The number of nitrogens with one attached hydrogen (secondary N) is 2. The van der Waals surface area contributed by atoms with Gasteiger partial charge in [0.25, 0.3) is 0 Å². The molecule has 4 heterocycles. The Hall–Kier alpha value is -3.40. The first kappa shape index (κ1) is 19.6. The van der Waals surface area contributed by atoms with Gasteiger partial charge in [0.05, 0.1) is 24.5 Å². The zero-order chi connectivity index (χ0) is 21.4. The number of anilines is 2. The average Bonchev–Trinajstić information content (AvgIpc) is 3.33. The monoisotopic (exact) mass is 422 g/mol. The Balaban J connectivity index is 0.00000245. The molecule has 0 spiro atoms. The van der Waals surface area contributed by atoms with Crippen LogP contribution in [0.15, 0.2) is 24.7 Å². The minimum Gasteiger partial charge on any atom is -0.381 e. The molecule has 5 rings (SSSR count). The van der Waals surface area contributed by atoms with Gasteiger partial charge in [0.1, 0.15) is 12.0 Å². The van der Waals surface area contributed by atoms with Crippen molar-refractivity contribution < 1.29 is 11.0 Å². The quantitative estimate of drug-likeness (QED) is 0.658. The normalized spacial score (nSPS) is 21.0. The largest absolute Gasteiger partial charge is 0.381 e. The minimum atomic E-state index is -0.0577. The zero-order valence-corrected chi connectivity index (χ0v) is 17.5. The first-order valence-electron chi connectivity index (χ1n) is 10.4. The second-order valence-corrected chi connectivity index (χ2v) is 7.93. The predicted octanol–water partition coefficient (Wildman–Crippen LogP) is 2.59. The topological polar surface area (TPSA) is 122 Å². The second-order valence-electron chi connectivity index (χ2n) is 7.93. The highest BCUT2D eigenvalue weighted by atomic mass is 16.5. The van der Waals surface area contributed by atoms with Crippen LogP contribution >= 0.6 is 0 Å². The molecule has 10 heteroatoms. The molecule has 0 radical (unpaired) electrons. The van der Waals surface area contributed by atoms with E-state index in [-0.39, 0.29) is 19.9 Å². The van der Waals surface area contributed by atoms with E-state index in [4.69, 9.17) is 9.72 Å². The maximum Gasteiger partial charge on any atom is 0.245 e. The summed E-state index contributed by atoms with van der Waals surface area (Å²) in [7, 11) is 1.76. The van der Waals surface area contributed by atoms with E-state index in [2.05, 4.69) is 35.4 Å². The van der Waals surface area contributed by atoms with Crippen LogP contribution in [-0.2, 0) is 9.53 Å². The Bertz CT molecular complexity index is 1100. The van der Waals surface area contributed by atoms with Gasteiger partial charge >= 0.3 is 0 Å². The first-order chi connectivity index (χ1) is 15.1. The van der Waals surface area contributed by atoms with Crippen molar-refractivity contribution >= 4 is 17.5 Å². The summed E-state index contributed by atoms with van der Waals surface area (Å²) in [4.78, 5) is 32.6. The number of aryl methyl sites for hydroxylation is 1. The van der Waals surface area contributed by atoms with Gasteiger partial charge < -0.3 is 15.0 Å². The van der Waals surface area contributed by atoms with Crippen molar-refractivity contribution in [3.05, 3.63) is 30.4 Å². The van der Waals surface area contributed by atoms with E-state index in [1.165, 1.54) is 6.33 Å². The van der Waals surface area contributed by atoms with E-state index >= 15 is 0 Å². The summed E-state index contributed by atoms with van der Waals surface area (Å²) >= 11 is 0. The first-order valence-corrected chi connectivity index (χ1v) is 10.4. The molecule has 1 aliphatic carbocycles. The summed E-state index contributed by atoms with van der Waals surface area (Å²) < 4.78 is 5.50. The molecular formula is C21H26N8O2. The Kier molecular flexibility index (Phi) is 5.06. The van der Waals surface area contributed by atoms with Crippen molar-refractivity contribution in [2.75, 3.05) is 23.9 Å². The summed E-state index contributed by atoms with van der Waals surface area (Å²) in [6.07, 6.45) is 7.32. The summed E-state index contributed by atoms with van der Waals surface area (Å²) in [6, 6.07) is 4.09. The molecule has 31 heavy (non-hydrogen) atoms. The van der Waals surface area contributed by atoms with Crippen molar-refractivity contribution in [1.29, 1.82) is 0 Å². The Labute approximate surface area is 181 Å². The van der Waals surface area contributed by atoms with Crippen molar-refractivity contribution in [2.45, 2.75) is 44.8 Å². The number of hydrogen-bond donors (Lipinski definition) is 2. The predicted molar refractivity (Wildman–Crippen MR) is 117 cm³/mol. The van der Waals surface area contributed by atoms with Crippen LogP contribution in [0.4, 0.5) is 11.6 Å². The van der Waals surface area contributed by atoms with Crippen LogP contribution < -0.4 is 10.2 Å². The summed E-state index contributed by atoms with van der Waals surface area (Å²) in [5, 5.41) is 9.56. The van der Waals surface area contributed by atoms with Crippen LogP contribution in [0.5, 0.6) is 0 Å². The molecule has 0 bridgehead atoms. The van der Waals surface area contributed by atoms with Crippen molar-refractivity contribution in [2.24, 2.45) is 0 Å². The number of carbonyl (C=O) groups is 1. The van der Waals surface area contributed by atoms with Crippen LogP contribution in [0.2, 0.25) is 0 Å². The maximum atomic E-state index is 12.3. The van der Waals surface area contributed by atoms with Gasteiger partial charge in [-0.05, 0) is 44.7 Å². The number of fused-ring (bicyclic) bond motifs is 1. The molecule has 2 N–H and O–H groups in total. The highest BCUT2D eigenvalue weighted by Crippen LogP contribution is 2.35. The van der Waals surface area contributed by atoms with Gasteiger partial charge in [-0.1, -0.05) is 0 Å². The number of hydrogen-bond acceptors (Lipinski definition) is 8. The number of rotatable bonds is 4. The van der Waals surface area contributed by atoms with Crippen LogP contribution in [0.25, 0.3) is 22.8 Å². The van der Waals surface area contributed by atoms with Crippen LogP contribution in [-0.4, -0.2) is 61.8 Å². The van der Waals surface area contributed by atoms with E-state index in [1.54, 1.807) is 13.3 Å². The third-order valence-electron chi connectivity index (χ3n) is 6.04. The van der Waals surface area contributed by atoms with Crippen molar-refractivity contribution in [3.8, 4) is 22.8 Å². The molecule has 0 atom stereocenters. The van der Waals surface area contributed by atoms with Gasteiger partial charge in [-0.25, -0.2) is 19.9 Å². The van der Waals surface area contributed by atoms with Crippen LogP contribution in [0, 0.1) is 6.92 Å². The molecular weight excluding hydrogens is 396 g/mol. The number of pyridine rings is 1. The lowest BCUT2D eigenvalue weighted by Crippen LogP contribution is -2.47. The van der Waals surface area contributed by atoms with Crippen LogP contribution in [0.3, 0.4) is 0 Å². The number of methoxy groups -OCH3 is 1. The molecule has 1 fully saturated rings. The summed E-state index contributed by atoms with van der Waals surface area (Å²) in [6.45, 7) is 2.22. The smallest absolute Gasteiger partial charge is 0.245 e. The lowest BCUT2D eigenvalue weighted by Gasteiger charge is -2.39. The number of amides is 1. The standard InChI is InChI=1S/C21H24N8O2.H2/c1-12-15(7-8-16(25-12)19-23-11-24-28-19)17-9-22-20-21(26-17)29(10-18(30)27-20)13-3-5-14(31-2)6-4-13;/h7-9,11,13-14H,3-6,10H2,1-2H3,(H,22,27,30)(H,23,24,28);1H. The molecule has 0 saturated heterocycles. The number of aromatic amines is 1.